The molecule has 1 saturated heterocycles. The van der Waals surface area contributed by atoms with Crippen LogP contribution in [0.2, 0.25) is 0 Å². The molecule has 0 N–H and O–H groups in total. The third-order valence-electron chi connectivity index (χ3n) is 5.62. The van der Waals surface area contributed by atoms with Crippen molar-refractivity contribution in [1.29, 1.82) is 0 Å². The lowest BCUT2D eigenvalue weighted by molar-refractivity contribution is -0.180. The fourth-order valence-corrected chi connectivity index (χ4v) is 4.31. The van der Waals surface area contributed by atoms with E-state index in [1.807, 2.05) is 49.4 Å². The average molecular weight is 389 g/mol. The van der Waals surface area contributed by atoms with E-state index in [-0.39, 0.29) is 5.91 Å². The second-order valence-corrected chi connectivity index (χ2v) is 7.42. The summed E-state index contributed by atoms with van der Waals surface area (Å²) in [5.41, 5.74) is 2.77. The minimum Gasteiger partial charge on any atom is -0.493 e. The number of nitrogens with zero attached hydrogens (tertiary/aromatic N) is 1. The molecule has 2 heterocycles. The molecule has 29 heavy (non-hydrogen) atoms. The molecule has 5 heteroatoms. The Balaban J connectivity index is 1.32. The highest BCUT2D eigenvalue weighted by Crippen LogP contribution is 2.47. The second kappa shape index (κ2) is 7.17. The Hall–Kier alpha value is -2.89. The number of carbonyl (C=O) groups excluding carboxylic acids is 1. The lowest BCUT2D eigenvalue weighted by Gasteiger charge is -2.22. The molecule has 0 unspecified atom stereocenters. The predicted octanol–water partition coefficient (Wildman–Crippen LogP) is 4.16. The second-order valence-electron chi connectivity index (χ2n) is 7.42. The van der Waals surface area contributed by atoms with Gasteiger partial charge in [0.05, 0.1) is 25.5 Å². The van der Waals surface area contributed by atoms with E-state index >= 15 is 0 Å². The van der Waals surface area contributed by atoms with Gasteiger partial charge in [0.2, 0.25) is 0 Å². The van der Waals surface area contributed by atoms with Gasteiger partial charge in [-0.2, -0.15) is 0 Å². The number of rotatable bonds is 5. The van der Waals surface area contributed by atoms with Crippen LogP contribution in [0.5, 0.6) is 5.75 Å². The van der Waals surface area contributed by atoms with E-state index in [0.29, 0.717) is 32.8 Å². The molecule has 0 radical (unpaired) electrons. The van der Waals surface area contributed by atoms with Crippen LogP contribution in [-0.4, -0.2) is 32.3 Å². The highest BCUT2D eigenvalue weighted by Gasteiger charge is 2.56. The first-order valence-corrected chi connectivity index (χ1v) is 10.0. The van der Waals surface area contributed by atoms with Gasteiger partial charge in [-0.05, 0) is 30.4 Å². The first-order valence-electron chi connectivity index (χ1n) is 10.0. The molecule has 5 rings (SSSR count). The van der Waals surface area contributed by atoms with Crippen molar-refractivity contribution in [3.8, 4) is 5.75 Å². The van der Waals surface area contributed by atoms with Gasteiger partial charge in [-0.3, -0.25) is 4.79 Å². The van der Waals surface area contributed by atoms with E-state index in [0.717, 1.165) is 33.3 Å². The normalized spacial score (nSPS) is 17.3. The number of anilines is 1. The quantitative estimate of drug-likeness (QED) is 0.615. The molecule has 3 aromatic carbocycles. The van der Waals surface area contributed by atoms with Gasteiger partial charge in [0, 0.05) is 17.5 Å². The van der Waals surface area contributed by atoms with E-state index in [4.69, 9.17) is 14.2 Å². The molecule has 0 aromatic heterocycles. The van der Waals surface area contributed by atoms with Crippen LogP contribution in [0.1, 0.15) is 17.5 Å². The number of fused-ring (bicyclic) bond motifs is 3. The van der Waals surface area contributed by atoms with Crippen LogP contribution >= 0.6 is 0 Å². The Morgan fingerprint density at radius 3 is 2.62 bits per heavy atom. The maximum absolute atomic E-state index is 13.2. The number of aryl methyl sites for hydroxylation is 1. The first-order chi connectivity index (χ1) is 14.2. The molecule has 5 nitrogen and oxygen atoms in total. The average Bonchev–Trinajstić information content (AvgIpc) is 3.32. The summed E-state index contributed by atoms with van der Waals surface area (Å²) in [6, 6.07) is 20.1. The van der Waals surface area contributed by atoms with Crippen molar-refractivity contribution in [3.63, 3.8) is 0 Å². The fraction of sp³-hybridized carbons (Fsp3) is 0.292. The predicted molar refractivity (Wildman–Crippen MR) is 111 cm³/mol. The van der Waals surface area contributed by atoms with E-state index < -0.39 is 5.79 Å². The molecule has 2 aliphatic heterocycles. The highest BCUT2D eigenvalue weighted by atomic mass is 16.7. The van der Waals surface area contributed by atoms with E-state index in [9.17, 15) is 4.79 Å². The van der Waals surface area contributed by atoms with Gasteiger partial charge < -0.3 is 19.1 Å². The summed E-state index contributed by atoms with van der Waals surface area (Å²) in [6.07, 6.45) is 0.707. The SMILES string of the molecule is Cc1cccc2c1N(CCCOc1cccc3ccccc13)C(=O)C21OCCO1. The van der Waals surface area contributed by atoms with Crippen LogP contribution in [-0.2, 0) is 20.1 Å². The van der Waals surface area contributed by atoms with Crippen LogP contribution in [0.15, 0.2) is 60.7 Å². The monoisotopic (exact) mass is 389 g/mol. The summed E-state index contributed by atoms with van der Waals surface area (Å²) in [4.78, 5) is 15.0. The van der Waals surface area contributed by atoms with Crippen LogP contribution in [0.4, 0.5) is 5.69 Å². The minimum absolute atomic E-state index is 0.135. The van der Waals surface area contributed by atoms with E-state index in [2.05, 4.69) is 18.2 Å². The third-order valence-corrected chi connectivity index (χ3v) is 5.62. The van der Waals surface area contributed by atoms with Gasteiger partial charge in [0.25, 0.3) is 11.7 Å². The molecule has 0 bridgehead atoms. The Morgan fingerprint density at radius 2 is 1.76 bits per heavy atom. The molecule has 0 aliphatic carbocycles. The number of carbonyl (C=O) groups is 1. The van der Waals surface area contributed by atoms with Gasteiger partial charge >= 0.3 is 0 Å². The summed E-state index contributed by atoms with van der Waals surface area (Å²) in [5, 5.41) is 2.25. The topological polar surface area (TPSA) is 48.0 Å². The van der Waals surface area contributed by atoms with Crippen molar-refractivity contribution in [2.24, 2.45) is 0 Å². The molecule has 2 aliphatic rings. The van der Waals surface area contributed by atoms with Gasteiger partial charge in [-0.25, -0.2) is 0 Å². The number of hydrogen-bond acceptors (Lipinski definition) is 4. The number of para-hydroxylation sites is 1. The molecular formula is C24H23NO4. The van der Waals surface area contributed by atoms with Crippen molar-refractivity contribution >= 4 is 22.4 Å². The van der Waals surface area contributed by atoms with E-state index in [1.54, 1.807) is 4.90 Å². The summed E-state index contributed by atoms with van der Waals surface area (Å²) >= 11 is 0. The van der Waals surface area contributed by atoms with Gasteiger partial charge in [0.1, 0.15) is 5.75 Å². The first kappa shape index (κ1) is 18.2. The molecule has 0 atom stereocenters. The largest absolute Gasteiger partial charge is 0.493 e. The zero-order chi connectivity index (χ0) is 19.8. The van der Waals surface area contributed by atoms with Crippen molar-refractivity contribution in [1.82, 2.24) is 0 Å². The van der Waals surface area contributed by atoms with Crippen molar-refractivity contribution in [2.45, 2.75) is 19.1 Å². The summed E-state index contributed by atoms with van der Waals surface area (Å²) in [6.45, 7) is 3.94. The van der Waals surface area contributed by atoms with Crippen molar-refractivity contribution < 1.29 is 19.0 Å². The Morgan fingerprint density at radius 1 is 1.00 bits per heavy atom. The molecular weight excluding hydrogens is 366 g/mol. The van der Waals surface area contributed by atoms with Crippen LogP contribution in [0, 0.1) is 6.92 Å². The molecule has 3 aromatic rings. The maximum atomic E-state index is 13.2. The maximum Gasteiger partial charge on any atom is 0.292 e. The number of amides is 1. The molecule has 1 amide bonds. The zero-order valence-electron chi connectivity index (χ0n) is 16.4. The molecule has 1 fully saturated rings. The third kappa shape index (κ3) is 2.89. The molecule has 148 valence electrons. The fourth-order valence-electron chi connectivity index (χ4n) is 4.31. The minimum atomic E-state index is -1.27. The summed E-state index contributed by atoms with van der Waals surface area (Å²) < 4.78 is 17.7. The number of benzene rings is 3. The zero-order valence-corrected chi connectivity index (χ0v) is 16.4. The standard InChI is InChI=1S/C24H23NO4/c1-17-7-4-11-20-22(17)25(23(26)24(20)28-15-16-29-24)13-6-14-27-21-12-5-9-18-8-2-3-10-19(18)21/h2-5,7-12H,6,13-16H2,1H3. The Labute approximate surface area is 169 Å². The molecule has 1 spiro atoms. The van der Waals surface area contributed by atoms with E-state index in [1.165, 1.54) is 0 Å². The van der Waals surface area contributed by atoms with Crippen LogP contribution in [0.3, 0.4) is 0 Å². The lowest BCUT2D eigenvalue weighted by Crippen LogP contribution is -2.41. The Bertz CT molecular complexity index is 1070. The van der Waals surface area contributed by atoms with Gasteiger partial charge in [-0.15, -0.1) is 0 Å². The molecule has 0 saturated carbocycles. The number of ether oxygens (including phenoxy) is 3. The smallest absolute Gasteiger partial charge is 0.292 e. The van der Waals surface area contributed by atoms with Gasteiger partial charge in [0.15, 0.2) is 0 Å². The number of hydrogen-bond donors (Lipinski definition) is 0. The Kier molecular flexibility index (Phi) is 4.49. The summed E-state index contributed by atoms with van der Waals surface area (Å²) in [5.74, 6) is -0.534. The van der Waals surface area contributed by atoms with Crippen LogP contribution < -0.4 is 9.64 Å². The van der Waals surface area contributed by atoms with Gasteiger partial charge in [-0.1, -0.05) is 54.6 Å². The summed E-state index contributed by atoms with van der Waals surface area (Å²) in [7, 11) is 0. The lowest BCUT2D eigenvalue weighted by atomic mass is 10.0. The van der Waals surface area contributed by atoms with Crippen molar-refractivity contribution in [3.05, 3.63) is 71.8 Å². The van der Waals surface area contributed by atoms with Crippen LogP contribution in [0.25, 0.3) is 10.8 Å². The highest BCUT2D eigenvalue weighted by molar-refractivity contribution is 6.07. The van der Waals surface area contributed by atoms with Crippen molar-refractivity contribution in [2.75, 3.05) is 31.3 Å².